The number of nitrogens with zero attached hydrogens (tertiary/aromatic N) is 1. The Hall–Kier alpha value is -2.13. The predicted octanol–water partition coefficient (Wildman–Crippen LogP) is 4.03. The molecule has 0 saturated carbocycles. The van der Waals surface area contributed by atoms with E-state index in [4.69, 9.17) is 0 Å². The van der Waals surface area contributed by atoms with Gasteiger partial charge in [-0.15, -0.1) is 0 Å². The van der Waals surface area contributed by atoms with Gasteiger partial charge >= 0.3 is 0 Å². The summed E-state index contributed by atoms with van der Waals surface area (Å²) in [6.45, 7) is 0.424. The second-order valence-electron chi connectivity index (χ2n) is 6.25. The number of hydroxylamine groups is 2. The summed E-state index contributed by atoms with van der Waals surface area (Å²) < 4.78 is 0. The largest absolute Gasteiger partial charge is 0.286 e. The van der Waals surface area contributed by atoms with E-state index in [9.17, 15) is 10.0 Å². The average Bonchev–Trinajstić information content (AvgIpc) is 2.60. The number of carbonyl (C=O) groups is 1. The normalized spacial score (nSPS) is 21.4. The molecular formula is C20H23NO2. The van der Waals surface area contributed by atoms with Crippen LogP contribution < -0.4 is 0 Å². The van der Waals surface area contributed by atoms with Gasteiger partial charge in [-0.25, -0.2) is 5.06 Å². The van der Waals surface area contributed by atoms with E-state index in [1.54, 1.807) is 0 Å². The van der Waals surface area contributed by atoms with Crippen molar-refractivity contribution in [2.75, 3.05) is 6.54 Å². The predicted molar refractivity (Wildman–Crippen MR) is 90.2 cm³/mol. The molecule has 0 spiro atoms. The molecule has 1 amide bonds. The molecule has 1 saturated heterocycles. The molecule has 0 bridgehead atoms. The summed E-state index contributed by atoms with van der Waals surface area (Å²) in [5.41, 5.74) is 2.51. The summed E-state index contributed by atoms with van der Waals surface area (Å²) in [6.07, 6.45) is 3.56. The summed E-state index contributed by atoms with van der Waals surface area (Å²) in [6, 6.07) is 20.6. The summed E-state index contributed by atoms with van der Waals surface area (Å²) in [7, 11) is 0. The SMILES string of the molecule is O=C1[C@H](CCCc2ccccc2)[C@H](c2ccccc2)CCN1O. The maximum Gasteiger partial charge on any atom is 0.249 e. The Balaban J connectivity index is 1.68. The van der Waals surface area contributed by atoms with Crippen LogP contribution >= 0.6 is 0 Å². The summed E-state index contributed by atoms with van der Waals surface area (Å²) in [4.78, 5) is 12.4. The van der Waals surface area contributed by atoms with Crippen LogP contribution in [0.1, 0.15) is 36.3 Å². The van der Waals surface area contributed by atoms with Crippen LogP contribution in [0.25, 0.3) is 0 Å². The van der Waals surface area contributed by atoms with Crippen molar-refractivity contribution in [3.05, 3.63) is 71.8 Å². The van der Waals surface area contributed by atoms with E-state index in [-0.39, 0.29) is 17.7 Å². The van der Waals surface area contributed by atoms with Crippen LogP contribution in [0.4, 0.5) is 0 Å². The molecule has 1 aliphatic rings. The second kappa shape index (κ2) is 7.42. The zero-order valence-corrected chi connectivity index (χ0v) is 13.3. The van der Waals surface area contributed by atoms with Gasteiger partial charge in [0.05, 0.1) is 0 Å². The third-order valence-corrected chi connectivity index (χ3v) is 4.76. The van der Waals surface area contributed by atoms with E-state index in [1.165, 1.54) is 11.1 Å². The minimum atomic E-state index is -0.127. The van der Waals surface area contributed by atoms with Gasteiger partial charge in [-0.3, -0.25) is 10.0 Å². The van der Waals surface area contributed by atoms with Gasteiger partial charge < -0.3 is 0 Å². The molecular weight excluding hydrogens is 286 g/mol. The molecule has 1 aliphatic heterocycles. The molecule has 2 aromatic rings. The molecule has 0 unspecified atom stereocenters. The van der Waals surface area contributed by atoms with Crippen molar-refractivity contribution in [1.82, 2.24) is 5.06 Å². The van der Waals surface area contributed by atoms with Crippen molar-refractivity contribution in [2.24, 2.45) is 5.92 Å². The number of piperidine rings is 1. The first-order valence-corrected chi connectivity index (χ1v) is 8.35. The molecule has 2 aromatic carbocycles. The molecule has 0 aliphatic carbocycles. The van der Waals surface area contributed by atoms with Gasteiger partial charge in [-0.1, -0.05) is 60.7 Å². The number of benzene rings is 2. The first kappa shape index (κ1) is 15.8. The Kier molecular flexibility index (Phi) is 5.09. The number of amides is 1. The molecule has 1 fully saturated rings. The van der Waals surface area contributed by atoms with E-state index in [1.807, 2.05) is 36.4 Å². The van der Waals surface area contributed by atoms with E-state index in [0.29, 0.717) is 6.54 Å². The fraction of sp³-hybridized carbons (Fsp3) is 0.350. The van der Waals surface area contributed by atoms with Gasteiger partial charge in [0.15, 0.2) is 0 Å². The Morgan fingerprint density at radius 1 is 1.00 bits per heavy atom. The topological polar surface area (TPSA) is 40.5 Å². The van der Waals surface area contributed by atoms with Crippen molar-refractivity contribution in [1.29, 1.82) is 0 Å². The summed E-state index contributed by atoms with van der Waals surface area (Å²) in [5, 5.41) is 10.7. The van der Waals surface area contributed by atoms with Gasteiger partial charge in [0.25, 0.3) is 0 Å². The monoisotopic (exact) mass is 309 g/mol. The number of hydrogen-bond donors (Lipinski definition) is 1. The third-order valence-electron chi connectivity index (χ3n) is 4.76. The minimum absolute atomic E-state index is 0.125. The van der Waals surface area contributed by atoms with Crippen LogP contribution in [-0.2, 0) is 11.2 Å². The van der Waals surface area contributed by atoms with Crippen molar-refractivity contribution < 1.29 is 10.0 Å². The molecule has 2 atom stereocenters. The lowest BCUT2D eigenvalue weighted by atomic mass is 9.78. The highest BCUT2D eigenvalue weighted by Gasteiger charge is 2.36. The van der Waals surface area contributed by atoms with E-state index in [2.05, 4.69) is 24.3 Å². The molecule has 3 nitrogen and oxygen atoms in total. The number of rotatable bonds is 5. The number of carbonyl (C=O) groups excluding carboxylic acids is 1. The maximum atomic E-state index is 12.4. The zero-order valence-electron chi connectivity index (χ0n) is 13.3. The van der Waals surface area contributed by atoms with Gasteiger partial charge in [0.2, 0.25) is 5.91 Å². The van der Waals surface area contributed by atoms with Crippen molar-refractivity contribution in [3.8, 4) is 0 Å². The molecule has 1 heterocycles. The minimum Gasteiger partial charge on any atom is -0.286 e. The molecule has 120 valence electrons. The van der Waals surface area contributed by atoms with Gasteiger partial charge in [-0.2, -0.15) is 0 Å². The Labute approximate surface area is 137 Å². The van der Waals surface area contributed by atoms with Crippen molar-refractivity contribution in [2.45, 2.75) is 31.6 Å². The highest BCUT2D eigenvalue weighted by Crippen LogP contribution is 2.36. The number of hydrogen-bond acceptors (Lipinski definition) is 2. The van der Waals surface area contributed by atoms with Gasteiger partial charge in [0.1, 0.15) is 0 Å². The second-order valence-corrected chi connectivity index (χ2v) is 6.25. The van der Waals surface area contributed by atoms with Crippen LogP contribution in [0.2, 0.25) is 0 Å². The molecule has 23 heavy (non-hydrogen) atoms. The number of aryl methyl sites for hydroxylation is 1. The molecule has 3 rings (SSSR count). The highest BCUT2D eigenvalue weighted by atomic mass is 16.5. The smallest absolute Gasteiger partial charge is 0.249 e. The lowest BCUT2D eigenvalue weighted by Crippen LogP contribution is -2.42. The van der Waals surface area contributed by atoms with E-state index in [0.717, 1.165) is 30.7 Å². The standard InChI is InChI=1S/C20H23NO2/c22-20-19(13-7-10-16-8-3-1-4-9-16)18(14-15-21(20)23)17-11-5-2-6-12-17/h1-6,8-9,11-12,18-19,23H,7,10,13-15H2/t18-,19+/m0/s1. The van der Waals surface area contributed by atoms with Crippen LogP contribution in [0, 0.1) is 5.92 Å². The summed E-state index contributed by atoms with van der Waals surface area (Å²) >= 11 is 0. The molecule has 0 radical (unpaired) electrons. The van der Waals surface area contributed by atoms with Gasteiger partial charge in [-0.05, 0) is 42.7 Å². The Morgan fingerprint density at radius 3 is 2.35 bits per heavy atom. The van der Waals surface area contributed by atoms with E-state index < -0.39 is 0 Å². The van der Waals surface area contributed by atoms with Crippen molar-refractivity contribution >= 4 is 5.91 Å². The van der Waals surface area contributed by atoms with Gasteiger partial charge in [0, 0.05) is 12.5 Å². The third kappa shape index (κ3) is 3.80. The van der Waals surface area contributed by atoms with Crippen LogP contribution in [-0.4, -0.2) is 22.7 Å². The summed E-state index contributed by atoms with van der Waals surface area (Å²) in [5.74, 6) is -0.0408. The molecule has 1 N–H and O–H groups in total. The Bertz CT molecular complexity index is 627. The molecule has 0 aromatic heterocycles. The Morgan fingerprint density at radius 2 is 1.65 bits per heavy atom. The quantitative estimate of drug-likeness (QED) is 0.847. The highest BCUT2D eigenvalue weighted by molar-refractivity contribution is 5.79. The fourth-order valence-electron chi connectivity index (χ4n) is 3.53. The van der Waals surface area contributed by atoms with Crippen molar-refractivity contribution in [3.63, 3.8) is 0 Å². The van der Waals surface area contributed by atoms with Crippen LogP contribution in [0.15, 0.2) is 60.7 Å². The molecule has 3 heteroatoms. The van der Waals surface area contributed by atoms with E-state index >= 15 is 0 Å². The zero-order chi connectivity index (χ0) is 16.1. The fourth-order valence-corrected chi connectivity index (χ4v) is 3.53. The van der Waals surface area contributed by atoms with Crippen LogP contribution in [0.3, 0.4) is 0 Å². The first-order chi connectivity index (χ1) is 11.3. The first-order valence-electron chi connectivity index (χ1n) is 8.35. The maximum absolute atomic E-state index is 12.4. The van der Waals surface area contributed by atoms with Crippen LogP contribution in [0.5, 0.6) is 0 Å². The lowest BCUT2D eigenvalue weighted by Gasteiger charge is -2.35. The average molecular weight is 309 g/mol. The lowest BCUT2D eigenvalue weighted by molar-refractivity contribution is -0.177.